The van der Waals surface area contributed by atoms with Crippen LogP contribution in [0.15, 0.2) is 35.7 Å². The quantitative estimate of drug-likeness (QED) is 0.653. The van der Waals surface area contributed by atoms with Crippen LogP contribution in [0, 0.1) is 13.8 Å². The Hall–Kier alpha value is -1.39. The molecule has 0 saturated heterocycles. The molecule has 0 aliphatic rings. The number of aryl methyl sites for hydroxylation is 2. The third-order valence-electron chi connectivity index (χ3n) is 3.35. The van der Waals surface area contributed by atoms with Crippen LogP contribution in [0.2, 0.25) is 0 Å². The fraction of sp³-hybridized carbons (Fsp3) is 0.412. The second kappa shape index (κ2) is 7.57. The van der Waals surface area contributed by atoms with Gasteiger partial charge in [-0.1, -0.05) is 48.0 Å². The summed E-state index contributed by atoms with van der Waals surface area (Å²) in [5.41, 5.74) is 11.0. The second-order valence-electron chi connectivity index (χ2n) is 5.53. The molecule has 0 amide bonds. The van der Waals surface area contributed by atoms with Crippen molar-refractivity contribution in [2.75, 3.05) is 0 Å². The van der Waals surface area contributed by atoms with Gasteiger partial charge in [-0.3, -0.25) is 0 Å². The lowest BCUT2D eigenvalue weighted by atomic mass is 10.1. The summed E-state index contributed by atoms with van der Waals surface area (Å²) >= 11 is 1.67. The van der Waals surface area contributed by atoms with Crippen molar-refractivity contribution in [3.63, 3.8) is 0 Å². The van der Waals surface area contributed by atoms with E-state index in [1.54, 1.807) is 11.8 Å². The molecule has 4 heteroatoms. The van der Waals surface area contributed by atoms with Crippen molar-refractivity contribution in [1.29, 1.82) is 0 Å². The van der Waals surface area contributed by atoms with Gasteiger partial charge >= 0.3 is 0 Å². The normalized spacial score (nSPS) is 12.4. The largest absolute Gasteiger partial charge is 0.327 e. The lowest BCUT2D eigenvalue weighted by Gasteiger charge is -2.08. The van der Waals surface area contributed by atoms with Crippen LogP contribution < -0.4 is 5.73 Å². The molecule has 0 fully saturated rings. The predicted octanol–water partition coefficient (Wildman–Crippen LogP) is 3.67. The molecule has 1 atom stereocenters. The fourth-order valence-corrected chi connectivity index (χ4v) is 2.99. The molecule has 0 aliphatic heterocycles. The first-order chi connectivity index (χ1) is 10.1. The molecule has 2 rings (SSSR count). The highest BCUT2D eigenvalue weighted by molar-refractivity contribution is 7.98. The van der Waals surface area contributed by atoms with Crippen LogP contribution in [0.4, 0.5) is 0 Å². The topological polar surface area (TPSA) is 51.8 Å². The lowest BCUT2D eigenvalue weighted by Crippen LogP contribution is -2.21. The highest BCUT2D eigenvalue weighted by atomic mass is 32.2. The first kappa shape index (κ1) is 16.0. The maximum absolute atomic E-state index is 5.95. The zero-order valence-electron chi connectivity index (χ0n) is 13.0. The van der Waals surface area contributed by atoms with Gasteiger partial charge in [0.15, 0.2) is 5.16 Å². The monoisotopic (exact) mass is 301 g/mol. The van der Waals surface area contributed by atoms with Gasteiger partial charge in [-0.2, -0.15) is 0 Å². The first-order valence-electron chi connectivity index (χ1n) is 7.33. The van der Waals surface area contributed by atoms with Crippen LogP contribution in [-0.2, 0) is 12.2 Å². The Kier molecular flexibility index (Phi) is 5.76. The van der Waals surface area contributed by atoms with Gasteiger partial charge in [-0.05, 0) is 37.8 Å². The maximum Gasteiger partial charge on any atom is 0.187 e. The molecule has 2 N–H and O–H groups in total. The molecule has 21 heavy (non-hydrogen) atoms. The van der Waals surface area contributed by atoms with Crippen LogP contribution in [0.1, 0.15) is 35.6 Å². The molecule has 0 spiro atoms. The van der Waals surface area contributed by atoms with Crippen LogP contribution >= 0.6 is 11.8 Å². The van der Waals surface area contributed by atoms with Crippen molar-refractivity contribution >= 4 is 11.8 Å². The number of thioether (sulfide) groups is 1. The van der Waals surface area contributed by atoms with Crippen molar-refractivity contribution in [2.45, 2.75) is 50.6 Å². The number of nitrogens with zero attached hydrogens (tertiary/aromatic N) is 2. The van der Waals surface area contributed by atoms with Crippen molar-refractivity contribution in [2.24, 2.45) is 5.73 Å². The maximum atomic E-state index is 5.95. The molecular weight excluding hydrogens is 278 g/mol. The van der Waals surface area contributed by atoms with E-state index in [9.17, 15) is 0 Å². The molecule has 0 radical (unpaired) electrons. The SMILES string of the molecule is CCC(N)Cc1cnc(SCc2cc(C)cc(C)c2)nc1. The Balaban J connectivity index is 1.94. The molecule has 0 saturated carbocycles. The van der Waals surface area contributed by atoms with Gasteiger partial charge in [0.25, 0.3) is 0 Å². The van der Waals surface area contributed by atoms with Crippen LogP contribution in [0.25, 0.3) is 0 Å². The minimum atomic E-state index is 0.197. The van der Waals surface area contributed by atoms with Crippen molar-refractivity contribution in [1.82, 2.24) is 9.97 Å². The van der Waals surface area contributed by atoms with Gasteiger partial charge in [0, 0.05) is 24.2 Å². The standard InChI is InChI=1S/C17H23N3S/c1-4-16(18)8-15-9-19-17(20-10-15)21-11-14-6-12(2)5-13(3)7-14/h5-7,9-10,16H,4,8,11,18H2,1-3H3. The second-order valence-corrected chi connectivity index (χ2v) is 6.47. The summed E-state index contributed by atoms with van der Waals surface area (Å²) in [5, 5.41) is 0.822. The fourth-order valence-electron chi connectivity index (χ4n) is 2.27. The summed E-state index contributed by atoms with van der Waals surface area (Å²) < 4.78 is 0. The number of aromatic nitrogens is 2. The van der Waals surface area contributed by atoms with E-state index in [0.29, 0.717) is 0 Å². The molecule has 1 heterocycles. The van der Waals surface area contributed by atoms with E-state index < -0.39 is 0 Å². The van der Waals surface area contributed by atoms with Gasteiger partial charge in [0.1, 0.15) is 0 Å². The summed E-state index contributed by atoms with van der Waals surface area (Å²) in [5.74, 6) is 0.899. The zero-order chi connectivity index (χ0) is 15.2. The summed E-state index contributed by atoms with van der Waals surface area (Å²) in [6, 6.07) is 6.82. The third-order valence-corrected chi connectivity index (χ3v) is 4.30. The average Bonchev–Trinajstić information content (AvgIpc) is 2.45. The van der Waals surface area contributed by atoms with E-state index in [1.165, 1.54) is 16.7 Å². The Morgan fingerprint density at radius 3 is 2.24 bits per heavy atom. The number of benzene rings is 1. The summed E-state index contributed by atoms with van der Waals surface area (Å²) in [6.45, 7) is 6.35. The van der Waals surface area contributed by atoms with Crippen LogP contribution in [0.3, 0.4) is 0 Å². The van der Waals surface area contributed by atoms with Crippen molar-refractivity contribution in [3.05, 3.63) is 52.8 Å². The average molecular weight is 301 g/mol. The Bertz CT molecular complexity index is 561. The smallest absolute Gasteiger partial charge is 0.187 e. The highest BCUT2D eigenvalue weighted by Crippen LogP contribution is 2.20. The third kappa shape index (κ3) is 5.14. The van der Waals surface area contributed by atoms with Gasteiger partial charge in [-0.25, -0.2) is 9.97 Å². The molecule has 1 aromatic heterocycles. The van der Waals surface area contributed by atoms with E-state index >= 15 is 0 Å². The van der Waals surface area contributed by atoms with Crippen LogP contribution in [-0.4, -0.2) is 16.0 Å². The van der Waals surface area contributed by atoms with Gasteiger partial charge in [0.05, 0.1) is 0 Å². The Morgan fingerprint density at radius 1 is 1.05 bits per heavy atom. The summed E-state index contributed by atoms with van der Waals surface area (Å²) in [4.78, 5) is 8.84. The zero-order valence-corrected chi connectivity index (χ0v) is 13.8. The van der Waals surface area contributed by atoms with Gasteiger partial charge < -0.3 is 5.73 Å². The molecule has 1 unspecified atom stereocenters. The number of rotatable bonds is 6. The van der Waals surface area contributed by atoms with Crippen molar-refractivity contribution < 1.29 is 0 Å². The molecule has 0 bridgehead atoms. The van der Waals surface area contributed by atoms with E-state index in [1.807, 2.05) is 12.4 Å². The molecule has 112 valence electrons. The first-order valence-corrected chi connectivity index (χ1v) is 8.32. The van der Waals surface area contributed by atoms with E-state index in [4.69, 9.17) is 5.73 Å². The van der Waals surface area contributed by atoms with Gasteiger partial charge in [-0.15, -0.1) is 0 Å². The minimum Gasteiger partial charge on any atom is -0.327 e. The highest BCUT2D eigenvalue weighted by Gasteiger charge is 2.04. The predicted molar refractivity (Wildman–Crippen MR) is 89.5 cm³/mol. The van der Waals surface area contributed by atoms with Gasteiger partial charge in [0.2, 0.25) is 0 Å². The van der Waals surface area contributed by atoms with E-state index in [2.05, 4.69) is 48.9 Å². The molecule has 2 aromatic rings. The minimum absolute atomic E-state index is 0.197. The van der Waals surface area contributed by atoms with E-state index in [-0.39, 0.29) is 6.04 Å². The Labute approximate surface area is 131 Å². The van der Waals surface area contributed by atoms with Crippen molar-refractivity contribution in [3.8, 4) is 0 Å². The molecule has 1 aromatic carbocycles. The lowest BCUT2D eigenvalue weighted by molar-refractivity contribution is 0.641. The van der Waals surface area contributed by atoms with E-state index in [0.717, 1.165) is 29.3 Å². The molecule has 0 aliphatic carbocycles. The Morgan fingerprint density at radius 2 is 1.67 bits per heavy atom. The number of hydrogen-bond donors (Lipinski definition) is 1. The molecular formula is C17H23N3S. The number of nitrogens with two attached hydrogens (primary N) is 1. The number of hydrogen-bond acceptors (Lipinski definition) is 4. The molecule has 3 nitrogen and oxygen atoms in total. The summed E-state index contributed by atoms with van der Waals surface area (Å²) in [6.07, 6.45) is 5.61. The van der Waals surface area contributed by atoms with Crippen LogP contribution in [0.5, 0.6) is 0 Å². The summed E-state index contributed by atoms with van der Waals surface area (Å²) in [7, 11) is 0.